The highest BCUT2D eigenvalue weighted by Crippen LogP contribution is 2.09. The fraction of sp³-hybridized carbons (Fsp3) is 0.500. The number of piperazine rings is 1. The molecule has 0 radical (unpaired) electrons. The van der Waals surface area contributed by atoms with E-state index < -0.39 is 12.1 Å². The first-order valence-corrected chi connectivity index (χ1v) is 6.56. The summed E-state index contributed by atoms with van der Waals surface area (Å²) < 4.78 is 5.01. The van der Waals surface area contributed by atoms with Crippen molar-refractivity contribution in [1.29, 1.82) is 0 Å². The summed E-state index contributed by atoms with van der Waals surface area (Å²) >= 11 is 0. The third-order valence-corrected chi connectivity index (χ3v) is 2.74. The Morgan fingerprint density at radius 3 is 2.58 bits per heavy atom. The fourth-order valence-electron chi connectivity index (χ4n) is 1.63. The molecule has 1 aromatic carbocycles. The van der Waals surface area contributed by atoms with Crippen LogP contribution in [0.3, 0.4) is 0 Å². The number of carboxylic acid groups (broad SMARTS) is 1. The average molecular weight is 266 g/mol. The van der Waals surface area contributed by atoms with Gasteiger partial charge in [-0.1, -0.05) is 18.2 Å². The molecule has 0 aliphatic carbocycles. The quantitative estimate of drug-likeness (QED) is 0.716. The number of benzene rings is 1. The maximum Gasteiger partial charge on any atom is 0.135 e. The maximum atomic E-state index is 10.3. The Kier molecular flexibility index (Phi) is 6.92. The van der Waals surface area contributed by atoms with Crippen molar-refractivity contribution in [2.75, 3.05) is 19.6 Å². The summed E-state index contributed by atoms with van der Waals surface area (Å²) in [4.78, 5) is 10.3. The molecule has 1 aliphatic heterocycles. The van der Waals surface area contributed by atoms with Crippen LogP contribution in [0.4, 0.5) is 0 Å². The molecular formula is C14H22N2O3. The maximum absolute atomic E-state index is 10.3. The van der Waals surface area contributed by atoms with E-state index in [9.17, 15) is 9.90 Å². The second kappa shape index (κ2) is 8.50. The summed E-state index contributed by atoms with van der Waals surface area (Å²) in [5, 5.41) is 15.9. The zero-order valence-electron chi connectivity index (χ0n) is 11.5. The van der Waals surface area contributed by atoms with E-state index in [1.165, 1.54) is 26.6 Å². The summed E-state index contributed by atoms with van der Waals surface area (Å²) in [5.74, 6) is -0.673. The predicted octanol–water partition coefficient (Wildman–Crippen LogP) is -1.25. The first-order valence-electron chi connectivity index (χ1n) is 6.56. The van der Waals surface area contributed by atoms with Gasteiger partial charge in [-0.25, -0.2) is 0 Å². The highest BCUT2D eigenvalue weighted by molar-refractivity contribution is 5.69. The van der Waals surface area contributed by atoms with Gasteiger partial charge in [0.05, 0.1) is 18.6 Å². The molecule has 5 heteroatoms. The van der Waals surface area contributed by atoms with Crippen molar-refractivity contribution in [3.05, 3.63) is 30.3 Å². The Bertz CT molecular complexity index is 364. The molecule has 5 nitrogen and oxygen atoms in total. The van der Waals surface area contributed by atoms with Gasteiger partial charge in [0.1, 0.15) is 11.9 Å². The monoisotopic (exact) mass is 266 g/mol. The standard InChI is InChI=1S/C9H10O3.C5H12N2/c1-7(9(10)11)12-8-5-3-2-4-6-8;1-5-4-6-2-3-7-5/h2-7H,1H3,(H,10,11);5-7H,2-4H2,1H3/t7-;5-/m11/s1. The minimum absolute atomic E-state index is 0.536. The van der Waals surface area contributed by atoms with E-state index in [4.69, 9.17) is 4.74 Å². The summed E-state index contributed by atoms with van der Waals surface area (Å²) in [6.45, 7) is 7.29. The summed E-state index contributed by atoms with van der Waals surface area (Å²) in [6.07, 6.45) is -0.910. The lowest BCUT2D eigenvalue weighted by molar-refractivity contribution is -0.689. The lowest BCUT2D eigenvalue weighted by atomic mass is 10.3. The van der Waals surface area contributed by atoms with Crippen LogP contribution < -0.4 is 20.5 Å². The molecule has 0 saturated carbocycles. The molecule has 0 amide bonds. The Hall–Kier alpha value is -1.59. The molecule has 1 aliphatic rings. The summed E-state index contributed by atoms with van der Waals surface area (Å²) in [5.41, 5.74) is 0. The van der Waals surface area contributed by atoms with Crippen LogP contribution in [0.2, 0.25) is 0 Å². The van der Waals surface area contributed by atoms with Crippen molar-refractivity contribution in [2.45, 2.75) is 26.0 Å². The Labute approximate surface area is 114 Å². The van der Waals surface area contributed by atoms with Crippen molar-refractivity contribution in [2.24, 2.45) is 0 Å². The van der Waals surface area contributed by atoms with E-state index in [0.717, 1.165) is 6.04 Å². The molecule has 19 heavy (non-hydrogen) atoms. The van der Waals surface area contributed by atoms with Gasteiger partial charge in [-0.2, -0.15) is 0 Å². The summed E-state index contributed by atoms with van der Waals surface area (Å²) in [6, 6.07) is 9.57. The minimum Gasteiger partial charge on any atom is -0.546 e. The van der Waals surface area contributed by atoms with Gasteiger partial charge in [0.25, 0.3) is 0 Å². The Balaban J connectivity index is 0.000000218. The number of ether oxygens (including phenoxy) is 1. The van der Waals surface area contributed by atoms with Gasteiger partial charge >= 0.3 is 0 Å². The van der Waals surface area contributed by atoms with E-state index >= 15 is 0 Å². The predicted molar refractivity (Wildman–Crippen MR) is 70.7 cm³/mol. The topological polar surface area (TPSA) is 78.0 Å². The third kappa shape index (κ3) is 6.79. The first kappa shape index (κ1) is 15.5. The molecule has 1 aromatic rings. The van der Waals surface area contributed by atoms with Crippen LogP contribution in [0, 0.1) is 0 Å². The number of nitrogens with two attached hydrogens (primary N) is 1. The summed E-state index contributed by atoms with van der Waals surface area (Å²) in [7, 11) is 0. The smallest absolute Gasteiger partial charge is 0.135 e. The van der Waals surface area contributed by atoms with Gasteiger partial charge in [-0.15, -0.1) is 0 Å². The van der Waals surface area contributed by atoms with Crippen molar-refractivity contribution in [3.63, 3.8) is 0 Å². The first-order chi connectivity index (χ1) is 9.09. The van der Waals surface area contributed by atoms with Crippen molar-refractivity contribution in [3.8, 4) is 5.75 Å². The van der Waals surface area contributed by atoms with Crippen LogP contribution in [0.15, 0.2) is 30.3 Å². The van der Waals surface area contributed by atoms with Crippen LogP contribution in [-0.4, -0.2) is 37.7 Å². The number of carbonyl (C=O) groups is 1. The van der Waals surface area contributed by atoms with Crippen LogP contribution in [0.25, 0.3) is 0 Å². The van der Waals surface area contributed by atoms with Crippen LogP contribution in [0.1, 0.15) is 13.8 Å². The zero-order chi connectivity index (χ0) is 14.1. The van der Waals surface area contributed by atoms with E-state index in [-0.39, 0.29) is 0 Å². The molecule has 2 rings (SSSR count). The molecule has 1 heterocycles. The molecule has 0 aromatic heterocycles. The normalized spacial score (nSPS) is 19.8. The number of nitrogens with one attached hydrogen (secondary N) is 1. The number of carbonyl (C=O) groups excluding carboxylic acids is 1. The van der Waals surface area contributed by atoms with Crippen LogP contribution in [0.5, 0.6) is 5.75 Å². The number of quaternary nitrogens is 1. The van der Waals surface area contributed by atoms with Gasteiger partial charge in [0, 0.05) is 13.1 Å². The molecule has 0 spiro atoms. The molecule has 106 valence electrons. The minimum atomic E-state index is -1.21. The lowest BCUT2D eigenvalue weighted by Gasteiger charge is -2.16. The molecular weight excluding hydrogens is 244 g/mol. The number of hydrogen-bond acceptors (Lipinski definition) is 4. The van der Waals surface area contributed by atoms with E-state index in [1.54, 1.807) is 24.3 Å². The number of para-hydroxylation sites is 1. The molecule has 0 bridgehead atoms. The van der Waals surface area contributed by atoms with E-state index in [2.05, 4.69) is 17.6 Å². The third-order valence-electron chi connectivity index (χ3n) is 2.74. The number of aliphatic carboxylic acids is 1. The van der Waals surface area contributed by atoms with Gasteiger partial charge < -0.3 is 25.3 Å². The molecule has 3 N–H and O–H groups in total. The Morgan fingerprint density at radius 2 is 2.16 bits per heavy atom. The largest absolute Gasteiger partial charge is 0.546 e. The Morgan fingerprint density at radius 1 is 1.47 bits per heavy atom. The highest BCUT2D eigenvalue weighted by Gasteiger charge is 2.07. The van der Waals surface area contributed by atoms with Gasteiger partial charge in [0.2, 0.25) is 0 Å². The van der Waals surface area contributed by atoms with Gasteiger partial charge in [0.15, 0.2) is 0 Å². The van der Waals surface area contributed by atoms with Crippen molar-refractivity contribution < 1.29 is 20.0 Å². The average Bonchev–Trinajstić information content (AvgIpc) is 2.41. The highest BCUT2D eigenvalue weighted by atomic mass is 16.5. The number of rotatable bonds is 3. The number of hydrogen-bond donors (Lipinski definition) is 2. The van der Waals surface area contributed by atoms with E-state index in [1.807, 2.05) is 6.07 Å². The zero-order valence-corrected chi connectivity index (χ0v) is 11.5. The van der Waals surface area contributed by atoms with Crippen LogP contribution in [-0.2, 0) is 4.79 Å². The molecule has 1 saturated heterocycles. The molecule has 2 atom stereocenters. The molecule has 0 unspecified atom stereocenters. The van der Waals surface area contributed by atoms with E-state index in [0.29, 0.717) is 5.75 Å². The number of carboxylic acids is 1. The SMILES string of the molecule is C[C@@H](Oc1ccccc1)C(=O)[O-].C[C@@H]1CNCC[NH2+]1. The second-order valence-electron chi connectivity index (χ2n) is 4.60. The molecule has 1 fully saturated rings. The van der Waals surface area contributed by atoms with Crippen molar-refractivity contribution in [1.82, 2.24) is 5.32 Å². The van der Waals surface area contributed by atoms with Crippen LogP contribution >= 0.6 is 0 Å². The lowest BCUT2D eigenvalue weighted by Crippen LogP contribution is -2.94. The van der Waals surface area contributed by atoms with Crippen molar-refractivity contribution >= 4 is 5.97 Å². The fourth-order valence-corrected chi connectivity index (χ4v) is 1.63. The van der Waals surface area contributed by atoms with Gasteiger partial charge in [-0.05, 0) is 26.0 Å². The second-order valence-corrected chi connectivity index (χ2v) is 4.60. The van der Waals surface area contributed by atoms with Gasteiger partial charge in [-0.3, -0.25) is 0 Å².